The van der Waals surface area contributed by atoms with Crippen LogP contribution in [0.25, 0.3) is 6.08 Å². The van der Waals surface area contributed by atoms with Crippen LogP contribution >= 0.6 is 15.9 Å². The number of rotatable bonds is 5. The summed E-state index contributed by atoms with van der Waals surface area (Å²) in [4.78, 5) is 35.0. The van der Waals surface area contributed by atoms with Gasteiger partial charge in [0.25, 0.3) is 5.91 Å². The van der Waals surface area contributed by atoms with Gasteiger partial charge >= 0.3 is 12.0 Å². The molecular formula is C17H21BrN2O5. The third kappa shape index (κ3) is 6.74. The number of furan rings is 1. The Morgan fingerprint density at radius 3 is 2.76 bits per heavy atom. The van der Waals surface area contributed by atoms with Crippen LogP contribution in [0.2, 0.25) is 0 Å². The van der Waals surface area contributed by atoms with E-state index >= 15 is 0 Å². The third-order valence-electron chi connectivity index (χ3n) is 4.00. The predicted octanol–water partition coefficient (Wildman–Crippen LogP) is 3.00. The highest BCUT2D eigenvalue weighted by molar-refractivity contribution is 9.10. The molecule has 1 aromatic heterocycles. The molecule has 1 aliphatic rings. The molecule has 7 nitrogen and oxygen atoms in total. The van der Waals surface area contributed by atoms with E-state index in [-0.39, 0.29) is 6.04 Å². The lowest BCUT2D eigenvalue weighted by Crippen LogP contribution is -2.48. The van der Waals surface area contributed by atoms with Crippen LogP contribution in [0.5, 0.6) is 0 Å². The van der Waals surface area contributed by atoms with Gasteiger partial charge < -0.3 is 14.5 Å². The van der Waals surface area contributed by atoms with E-state index in [0.29, 0.717) is 16.3 Å². The zero-order valence-electron chi connectivity index (χ0n) is 13.9. The highest BCUT2D eigenvalue weighted by atomic mass is 79.9. The van der Waals surface area contributed by atoms with Crippen molar-refractivity contribution in [2.75, 3.05) is 6.61 Å². The summed E-state index contributed by atoms with van der Waals surface area (Å²) < 4.78 is 10.5. The van der Waals surface area contributed by atoms with E-state index in [9.17, 15) is 14.4 Å². The minimum absolute atomic E-state index is 0.0691. The third-order valence-corrected chi connectivity index (χ3v) is 4.43. The fourth-order valence-electron chi connectivity index (χ4n) is 2.65. The minimum atomic E-state index is -0.705. The Balaban J connectivity index is 1.68. The average molecular weight is 413 g/mol. The summed E-state index contributed by atoms with van der Waals surface area (Å²) in [7, 11) is 0. The fraction of sp³-hybridized carbons (Fsp3) is 0.471. The monoisotopic (exact) mass is 412 g/mol. The van der Waals surface area contributed by atoms with Crippen molar-refractivity contribution < 1.29 is 23.5 Å². The molecule has 0 unspecified atom stereocenters. The van der Waals surface area contributed by atoms with Gasteiger partial charge in [-0.1, -0.05) is 19.8 Å². The second-order valence-electron chi connectivity index (χ2n) is 5.97. The topological polar surface area (TPSA) is 97.6 Å². The van der Waals surface area contributed by atoms with Gasteiger partial charge in [-0.05, 0) is 52.9 Å². The summed E-state index contributed by atoms with van der Waals surface area (Å²) in [5.74, 6) is -0.527. The fourth-order valence-corrected chi connectivity index (χ4v) is 2.97. The Labute approximate surface area is 154 Å². The SMILES string of the molecule is C[C@@H]1CCCC[C@H]1NC(=O)NC(=O)COC(=O)/C=C/c1ccc(Br)o1. The molecule has 8 heteroatoms. The maximum atomic E-state index is 11.8. The van der Waals surface area contributed by atoms with E-state index < -0.39 is 24.5 Å². The van der Waals surface area contributed by atoms with Gasteiger partial charge in [0.15, 0.2) is 11.3 Å². The quantitative estimate of drug-likeness (QED) is 0.572. The number of nitrogens with one attached hydrogen (secondary N) is 2. The minimum Gasteiger partial charge on any atom is -0.452 e. The Morgan fingerprint density at radius 1 is 1.32 bits per heavy atom. The summed E-state index contributed by atoms with van der Waals surface area (Å²) in [6.45, 7) is 1.55. The molecule has 1 fully saturated rings. The van der Waals surface area contributed by atoms with E-state index in [2.05, 4.69) is 33.5 Å². The molecule has 0 saturated heterocycles. The largest absolute Gasteiger partial charge is 0.452 e. The highest BCUT2D eigenvalue weighted by Gasteiger charge is 2.23. The molecule has 1 aromatic rings. The van der Waals surface area contributed by atoms with Crippen LogP contribution < -0.4 is 10.6 Å². The van der Waals surface area contributed by atoms with Gasteiger partial charge in [-0.15, -0.1) is 0 Å². The zero-order valence-corrected chi connectivity index (χ0v) is 15.5. The Bertz CT molecular complexity index is 655. The van der Waals surface area contributed by atoms with Crippen molar-refractivity contribution in [3.63, 3.8) is 0 Å². The maximum absolute atomic E-state index is 11.8. The van der Waals surface area contributed by atoms with Gasteiger partial charge in [-0.25, -0.2) is 9.59 Å². The number of halogens is 1. The summed E-state index contributed by atoms with van der Waals surface area (Å²) in [5, 5.41) is 4.96. The first kappa shape index (κ1) is 19.2. The number of carbonyl (C=O) groups excluding carboxylic acids is 3. The molecule has 2 N–H and O–H groups in total. The first-order valence-electron chi connectivity index (χ1n) is 8.14. The number of esters is 1. The molecule has 1 heterocycles. The molecule has 0 spiro atoms. The molecular weight excluding hydrogens is 392 g/mol. The lowest BCUT2D eigenvalue weighted by Gasteiger charge is -2.29. The zero-order chi connectivity index (χ0) is 18.2. The molecule has 2 rings (SSSR count). The van der Waals surface area contributed by atoms with Crippen LogP contribution in [0.4, 0.5) is 4.79 Å². The number of imide groups is 1. The Kier molecular flexibility index (Phi) is 7.24. The predicted molar refractivity (Wildman–Crippen MR) is 94.5 cm³/mol. The molecule has 0 bridgehead atoms. The van der Waals surface area contributed by atoms with Crippen molar-refractivity contribution in [1.29, 1.82) is 0 Å². The van der Waals surface area contributed by atoms with Crippen LogP contribution in [-0.2, 0) is 14.3 Å². The number of ether oxygens (including phenoxy) is 1. The lowest BCUT2D eigenvalue weighted by molar-refractivity contribution is -0.143. The highest BCUT2D eigenvalue weighted by Crippen LogP contribution is 2.23. The molecule has 0 aromatic carbocycles. The van der Waals surface area contributed by atoms with Crippen molar-refractivity contribution in [2.45, 2.75) is 38.6 Å². The normalized spacial score (nSPS) is 20.2. The van der Waals surface area contributed by atoms with Gasteiger partial charge in [0, 0.05) is 12.1 Å². The van der Waals surface area contributed by atoms with Crippen molar-refractivity contribution in [1.82, 2.24) is 10.6 Å². The van der Waals surface area contributed by atoms with Gasteiger partial charge in [-0.2, -0.15) is 0 Å². The maximum Gasteiger partial charge on any atom is 0.331 e. The Hall–Kier alpha value is -2.09. The average Bonchev–Trinajstić information content (AvgIpc) is 2.98. The molecule has 1 saturated carbocycles. The summed E-state index contributed by atoms with van der Waals surface area (Å²) >= 11 is 3.14. The molecule has 0 aliphatic heterocycles. The van der Waals surface area contributed by atoms with Crippen LogP contribution in [0.3, 0.4) is 0 Å². The van der Waals surface area contributed by atoms with E-state index in [0.717, 1.165) is 25.3 Å². The molecule has 136 valence electrons. The first-order chi connectivity index (χ1) is 11.9. The summed E-state index contributed by atoms with van der Waals surface area (Å²) in [6, 6.07) is 2.86. The number of amides is 3. The van der Waals surface area contributed by atoms with Crippen molar-refractivity contribution >= 4 is 39.9 Å². The van der Waals surface area contributed by atoms with Gasteiger partial charge in [0.2, 0.25) is 0 Å². The molecule has 0 radical (unpaired) electrons. The number of carbonyl (C=O) groups is 3. The van der Waals surface area contributed by atoms with Crippen LogP contribution in [0.1, 0.15) is 38.4 Å². The number of hydrogen-bond donors (Lipinski definition) is 2. The van der Waals surface area contributed by atoms with E-state index in [4.69, 9.17) is 9.15 Å². The van der Waals surface area contributed by atoms with Crippen LogP contribution in [0, 0.1) is 5.92 Å². The van der Waals surface area contributed by atoms with Crippen LogP contribution in [-0.4, -0.2) is 30.6 Å². The van der Waals surface area contributed by atoms with E-state index in [1.54, 1.807) is 12.1 Å². The van der Waals surface area contributed by atoms with Crippen molar-refractivity contribution in [3.05, 3.63) is 28.6 Å². The molecule has 2 atom stereocenters. The number of urea groups is 1. The van der Waals surface area contributed by atoms with E-state index in [1.807, 2.05) is 0 Å². The Morgan fingerprint density at radius 2 is 2.08 bits per heavy atom. The van der Waals surface area contributed by atoms with Crippen LogP contribution in [0.15, 0.2) is 27.3 Å². The van der Waals surface area contributed by atoms with Crippen molar-refractivity contribution in [3.8, 4) is 0 Å². The van der Waals surface area contributed by atoms with Gasteiger partial charge in [-0.3, -0.25) is 10.1 Å². The van der Waals surface area contributed by atoms with E-state index in [1.165, 1.54) is 12.5 Å². The standard InChI is InChI=1S/C17H21BrN2O5/c1-11-4-2-3-5-13(11)19-17(23)20-15(21)10-24-16(22)9-7-12-6-8-14(18)25-12/h6-9,11,13H,2-5,10H2,1H3,(H2,19,20,21,23)/b9-7+/t11-,13-/m1/s1. The van der Waals surface area contributed by atoms with Crippen molar-refractivity contribution in [2.24, 2.45) is 5.92 Å². The van der Waals surface area contributed by atoms with Gasteiger partial charge in [0.05, 0.1) is 0 Å². The summed E-state index contributed by atoms with van der Waals surface area (Å²) in [5.41, 5.74) is 0. The van der Waals surface area contributed by atoms with Gasteiger partial charge in [0.1, 0.15) is 5.76 Å². The first-order valence-corrected chi connectivity index (χ1v) is 8.94. The number of hydrogen-bond acceptors (Lipinski definition) is 5. The molecule has 1 aliphatic carbocycles. The molecule has 25 heavy (non-hydrogen) atoms. The smallest absolute Gasteiger partial charge is 0.331 e. The second kappa shape index (κ2) is 9.41. The lowest BCUT2D eigenvalue weighted by atomic mass is 9.86. The summed E-state index contributed by atoms with van der Waals surface area (Å²) in [6.07, 6.45) is 6.77. The molecule has 3 amide bonds. The second-order valence-corrected chi connectivity index (χ2v) is 6.75.